The first kappa shape index (κ1) is 14.1. The van der Waals surface area contributed by atoms with Gasteiger partial charge in [-0.3, -0.25) is 14.1 Å². The summed E-state index contributed by atoms with van der Waals surface area (Å²) in [7, 11) is -4.87. The van der Waals surface area contributed by atoms with E-state index in [0.29, 0.717) is 0 Å². The molecule has 1 atom stereocenters. The SMILES string of the molecule is O=C(O)C(C(=O)O)C(c1ccccc1)S(=O)(=O)O. The molecule has 0 bridgehead atoms. The van der Waals surface area contributed by atoms with Crippen molar-refractivity contribution in [2.45, 2.75) is 5.25 Å². The molecule has 0 aliphatic rings. The maximum absolute atomic E-state index is 11.2. The first-order valence-corrected chi connectivity index (χ1v) is 6.22. The van der Waals surface area contributed by atoms with Crippen molar-refractivity contribution in [2.75, 3.05) is 0 Å². The molecule has 3 N–H and O–H groups in total. The van der Waals surface area contributed by atoms with Gasteiger partial charge in [0.05, 0.1) is 0 Å². The molecule has 1 aromatic carbocycles. The minimum absolute atomic E-state index is 0.102. The molecule has 1 unspecified atom stereocenters. The summed E-state index contributed by atoms with van der Waals surface area (Å²) in [4.78, 5) is 21.7. The van der Waals surface area contributed by atoms with Gasteiger partial charge in [-0.2, -0.15) is 8.42 Å². The molecule has 0 amide bonds. The standard InChI is InChI=1S/C10H10O7S/c11-9(12)7(10(13)14)8(18(15,16)17)6-4-2-1-3-5-6/h1-5,7-8H,(H,11,12)(H,13,14)(H,15,16,17). The van der Waals surface area contributed by atoms with E-state index in [1.165, 1.54) is 24.3 Å². The highest BCUT2D eigenvalue weighted by Crippen LogP contribution is 2.30. The van der Waals surface area contributed by atoms with E-state index in [-0.39, 0.29) is 5.56 Å². The van der Waals surface area contributed by atoms with Gasteiger partial charge in [0.15, 0.2) is 5.92 Å². The van der Waals surface area contributed by atoms with Crippen molar-refractivity contribution in [1.82, 2.24) is 0 Å². The van der Waals surface area contributed by atoms with Crippen molar-refractivity contribution in [3.05, 3.63) is 35.9 Å². The van der Waals surface area contributed by atoms with Gasteiger partial charge in [-0.1, -0.05) is 30.3 Å². The van der Waals surface area contributed by atoms with Gasteiger partial charge in [-0.15, -0.1) is 0 Å². The summed E-state index contributed by atoms with van der Waals surface area (Å²) >= 11 is 0. The first-order chi connectivity index (χ1) is 8.25. The maximum atomic E-state index is 11.2. The van der Waals surface area contributed by atoms with Crippen molar-refractivity contribution < 1.29 is 32.8 Å². The second-order valence-corrected chi connectivity index (χ2v) is 5.04. The van der Waals surface area contributed by atoms with Gasteiger partial charge in [0.1, 0.15) is 5.25 Å². The van der Waals surface area contributed by atoms with Crippen LogP contribution < -0.4 is 0 Å². The minimum Gasteiger partial charge on any atom is -0.481 e. The van der Waals surface area contributed by atoms with Gasteiger partial charge < -0.3 is 10.2 Å². The predicted molar refractivity (Wildman–Crippen MR) is 59.5 cm³/mol. The zero-order valence-electron chi connectivity index (χ0n) is 8.92. The molecule has 1 rings (SSSR count). The molecule has 0 saturated heterocycles. The zero-order valence-corrected chi connectivity index (χ0v) is 9.74. The molecule has 18 heavy (non-hydrogen) atoms. The molecule has 8 heteroatoms. The van der Waals surface area contributed by atoms with Crippen LogP contribution in [0.1, 0.15) is 10.8 Å². The third-order valence-corrected chi connectivity index (χ3v) is 3.47. The summed E-state index contributed by atoms with van der Waals surface area (Å²) in [5.41, 5.74) is -0.102. The van der Waals surface area contributed by atoms with Gasteiger partial charge in [0.25, 0.3) is 10.1 Å². The highest BCUT2D eigenvalue weighted by Gasteiger charge is 2.43. The summed E-state index contributed by atoms with van der Waals surface area (Å²) in [6.45, 7) is 0. The molecule has 0 spiro atoms. The van der Waals surface area contributed by atoms with Crippen molar-refractivity contribution in [2.24, 2.45) is 5.92 Å². The number of carboxylic acids is 2. The lowest BCUT2D eigenvalue weighted by atomic mass is 9.99. The van der Waals surface area contributed by atoms with Crippen molar-refractivity contribution in [3.8, 4) is 0 Å². The topological polar surface area (TPSA) is 129 Å². The van der Waals surface area contributed by atoms with Gasteiger partial charge >= 0.3 is 11.9 Å². The minimum atomic E-state index is -4.87. The monoisotopic (exact) mass is 274 g/mol. The summed E-state index contributed by atoms with van der Waals surface area (Å²) < 4.78 is 31.5. The van der Waals surface area contributed by atoms with E-state index in [2.05, 4.69) is 0 Å². The average Bonchev–Trinajstić information content (AvgIpc) is 2.24. The Morgan fingerprint density at radius 1 is 1.00 bits per heavy atom. The van der Waals surface area contributed by atoms with Crippen LogP contribution in [-0.2, 0) is 19.7 Å². The molecule has 7 nitrogen and oxygen atoms in total. The van der Waals surface area contributed by atoms with Crippen LogP contribution in [0.15, 0.2) is 30.3 Å². The molecule has 1 aromatic rings. The van der Waals surface area contributed by atoms with Crippen LogP contribution in [0, 0.1) is 5.92 Å². The molecule has 0 radical (unpaired) electrons. The average molecular weight is 274 g/mol. The molecular formula is C10H10O7S. The lowest BCUT2D eigenvalue weighted by Gasteiger charge is -2.18. The Hall–Kier alpha value is -1.93. The summed E-state index contributed by atoms with van der Waals surface area (Å²) in [6, 6.07) is 6.83. The van der Waals surface area contributed by atoms with Crippen LogP contribution in [0.2, 0.25) is 0 Å². The molecule has 0 fully saturated rings. The van der Waals surface area contributed by atoms with E-state index in [0.717, 1.165) is 0 Å². The van der Waals surface area contributed by atoms with Crippen LogP contribution in [0.3, 0.4) is 0 Å². The quantitative estimate of drug-likeness (QED) is 0.523. The normalized spacial score (nSPS) is 13.2. The third kappa shape index (κ3) is 3.05. The lowest BCUT2D eigenvalue weighted by Crippen LogP contribution is -2.34. The Kier molecular flexibility index (Phi) is 4.04. The van der Waals surface area contributed by atoms with Crippen molar-refractivity contribution >= 4 is 22.1 Å². The van der Waals surface area contributed by atoms with Gasteiger partial charge in [-0.05, 0) is 5.56 Å². The second-order valence-electron chi connectivity index (χ2n) is 3.50. The predicted octanol–water partition coefficient (Wildman–Crippen LogP) is 0.401. The lowest BCUT2D eigenvalue weighted by molar-refractivity contribution is -0.154. The number of rotatable bonds is 5. The van der Waals surface area contributed by atoms with Crippen LogP contribution >= 0.6 is 0 Å². The molecule has 0 aliphatic heterocycles. The first-order valence-electron chi connectivity index (χ1n) is 4.72. The number of carboxylic acid groups (broad SMARTS) is 2. The van der Waals surface area contributed by atoms with Crippen molar-refractivity contribution in [3.63, 3.8) is 0 Å². The van der Waals surface area contributed by atoms with Gasteiger partial charge in [0, 0.05) is 0 Å². The Labute approximate surface area is 102 Å². The fraction of sp³-hybridized carbons (Fsp3) is 0.200. The molecular weight excluding hydrogens is 264 g/mol. The fourth-order valence-corrected chi connectivity index (χ4v) is 2.62. The number of hydrogen-bond donors (Lipinski definition) is 3. The van der Waals surface area contributed by atoms with E-state index in [4.69, 9.17) is 14.8 Å². The highest BCUT2D eigenvalue weighted by atomic mass is 32.2. The molecule has 0 aliphatic carbocycles. The van der Waals surface area contributed by atoms with E-state index >= 15 is 0 Å². The molecule has 0 heterocycles. The number of aliphatic carboxylic acids is 2. The Morgan fingerprint density at radius 2 is 1.44 bits per heavy atom. The van der Waals surface area contributed by atoms with Crippen molar-refractivity contribution in [1.29, 1.82) is 0 Å². The number of benzene rings is 1. The maximum Gasteiger partial charge on any atom is 0.319 e. The number of carbonyl (C=O) groups is 2. The van der Waals surface area contributed by atoms with Crippen LogP contribution in [-0.4, -0.2) is 35.1 Å². The third-order valence-electron chi connectivity index (χ3n) is 2.28. The second kappa shape index (κ2) is 5.15. The van der Waals surface area contributed by atoms with Crippen LogP contribution in [0.5, 0.6) is 0 Å². The van der Waals surface area contributed by atoms with Crippen LogP contribution in [0.4, 0.5) is 0 Å². The van der Waals surface area contributed by atoms with E-state index in [9.17, 15) is 18.0 Å². The van der Waals surface area contributed by atoms with E-state index < -0.39 is 33.2 Å². The largest absolute Gasteiger partial charge is 0.481 e. The van der Waals surface area contributed by atoms with Crippen LogP contribution in [0.25, 0.3) is 0 Å². The van der Waals surface area contributed by atoms with E-state index in [1.807, 2.05) is 0 Å². The summed E-state index contributed by atoms with van der Waals surface area (Å²) in [5, 5.41) is 15.5. The van der Waals surface area contributed by atoms with Gasteiger partial charge in [-0.25, -0.2) is 0 Å². The smallest absolute Gasteiger partial charge is 0.319 e. The Bertz CT molecular complexity index is 535. The fourth-order valence-electron chi connectivity index (χ4n) is 1.54. The summed E-state index contributed by atoms with van der Waals surface area (Å²) in [6.07, 6.45) is 0. The Balaban J connectivity index is 3.40. The molecule has 0 saturated carbocycles. The number of hydrogen-bond acceptors (Lipinski definition) is 4. The highest BCUT2D eigenvalue weighted by molar-refractivity contribution is 7.86. The zero-order chi connectivity index (χ0) is 13.9. The summed E-state index contributed by atoms with van der Waals surface area (Å²) in [5.74, 6) is -5.95. The van der Waals surface area contributed by atoms with Gasteiger partial charge in [0.2, 0.25) is 0 Å². The molecule has 0 aromatic heterocycles. The van der Waals surface area contributed by atoms with E-state index in [1.54, 1.807) is 6.07 Å². The molecule has 98 valence electrons. The Morgan fingerprint density at radius 3 is 1.78 bits per heavy atom.